The van der Waals surface area contributed by atoms with E-state index in [1.165, 1.54) is 12.2 Å². The molecule has 1 saturated heterocycles. The van der Waals surface area contributed by atoms with E-state index in [1.54, 1.807) is 17.0 Å². The van der Waals surface area contributed by atoms with Crippen molar-refractivity contribution in [3.05, 3.63) is 28.6 Å². The van der Waals surface area contributed by atoms with Gasteiger partial charge in [-0.15, -0.1) is 0 Å². The Labute approximate surface area is 137 Å². The molecular weight excluding hydrogens is 354 g/mol. The maximum absolute atomic E-state index is 12.0. The molecule has 0 saturated carbocycles. The second kappa shape index (κ2) is 7.60. The number of hydrogen-bond donors (Lipinski definition) is 0. The highest BCUT2D eigenvalue weighted by Crippen LogP contribution is 2.15. The molecule has 120 valence electrons. The van der Waals surface area contributed by atoms with Crippen LogP contribution in [0.25, 0.3) is 6.08 Å². The van der Waals surface area contributed by atoms with Gasteiger partial charge >= 0.3 is 5.97 Å². The number of nitrogens with zero attached hydrogens (tertiary/aromatic N) is 1. The zero-order valence-corrected chi connectivity index (χ0v) is 14.0. The van der Waals surface area contributed by atoms with Crippen LogP contribution in [0.3, 0.4) is 0 Å². The molecule has 0 aromatic carbocycles. The molecule has 0 aliphatic carbocycles. The zero-order valence-electron chi connectivity index (χ0n) is 12.5. The normalized spacial score (nSPS) is 22.0. The van der Waals surface area contributed by atoms with Gasteiger partial charge in [0.2, 0.25) is 0 Å². The number of esters is 1. The second-order valence-electron chi connectivity index (χ2n) is 5.14. The van der Waals surface area contributed by atoms with E-state index < -0.39 is 5.97 Å². The second-order valence-corrected chi connectivity index (χ2v) is 5.92. The molecule has 6 nitrogen and oxygen atoms in total. The number of amides is 1. The third-order valence-electron chi connectivity index (χ3n) is 3.09. The van der Waals surface area contributed by atoms with Gasteiger partial charge in [-0.3, -0.25) is 4.79 Å². The molecule has 1 aliphatic heterocycles. The molecule has 0 N–H and O–H groups in total. The van der Waals surface area contributed by atoms with Gasteiger partial charge in [-0.05, 0) is 48.0 Å². The molecule has 7 heteroatoms. The van der Waals surface area contributed by atoms with Crippen molar-refractivity contribution in [3.63, 3.8) is 0 Å². The minimum absolute atomic E-state index is 0.0132. The predicted molar refractivity (Wildman–Crippen MR) is 83.0 cm³/mol. The lowest BCUT2D eigenvalue weighted by Gasteiger charge is -2.35. The van der Waals surface area contributed by atoms with Crippen molar-refractivity contribution >= 4 is 33.9 Å². The summed E-state index contributed by atoms with van der Waals surface area (Å²) < 4.78 is 16.3. The van der Waals surface area contributed by atoms with E-state index in [4.69, 9.17) is 13.9 Å². The van der Waals surface area contributed by atoms with Crippen LogP contribution in [0.1, 0.15) is 19.6 Å². The average Bonchev–Trinajstić information content (AvgIpc) is 2.87. The summed E-state index contributed by atoms with van der Waals surface area (Å²) in [6.07, 6.45) is 2.68. The van der Waals surface area contributed by atoms with Gasteiger partial charge < -0.3 is 18.8 Å². The molecule has 0 radical (unpaired) electrons. The number of hydrogen-bond acceptors (Lipinski definition) is 5. The van der Waals surface area contributed by atoms with Gasteiger partial charge in [0, 0.05) is 19.2 Å². The summed E-state index contributed by atoms with van der Waals surface area (Å²) in [4.78, 5) is 25.2. The first kappa shape index (κ1) is 16.8. The molecule has 2 heterocycles. The van der Waals surface area contributed by atoms with Gasteiger partial charge in [0.1, 0.15) is 5.76 Å². The smallest absolute Gasteiger partial charge is 0.331 e. The molecule has 1 aromatic heterocycles. The lowest BCUT2D eigenvalue weighted by molar-refractivity contribution is -0.154. The summed E-state index contributed by atoms with van der Waals surface area (Å²) in [6, 6.07) is 3.42. The first-order valence-electron chi connectivity index (χ1n) is 6.97. The summed E-state index contributed by atoms with van der Waals surface area (Å²) in [6.45, 7) is 4.57. The Morgan fingerprint density at radius 1 is 1.36 bits per heavy atom. The Bertz CT molecular complexity index is 558. The maximum Gasteiger partial charge on any atom is 0.331 e. The van der Waals surface area contributed by atoms with Crippen LogP contribution in [0.2, 0.25) is 0 Å². The molecule has 2 atom stereocenters. The third kappa shape index (κ3) is 4.99. The molecule has 1 aromatic rings. The SMILES string of the molecule is C[C@@H]1CN(C(=O)COC(=O)/C=C/c2ccc(Br)o2)C[C@H](C)O1. The van der Waals surface area contributed by atoms with E-state index in [0.29, 0.717) is 23.5 Å². The number of morpholine rings is 1. The van der Waals surface area contributed by atoms with Crippen molar-refractivity contribution in [2.45, 2.75) is 26.1 Å². The molecule has 1 aliphatic rings. The molecular formula is C15H18BrNO5. The first-order chi connectivity index (χ1) is 10.4. The van der Waals surface area contributed by atoms with Crippen molar-refractivity contribution in [2.24, 2.45) is 0 Å². The Hall–Kier alpha value is -1.60. The minimum atomic E-state index is -0.588. The third-order valence-corrected chi connectivity index (χ3v) is 3.51. The van der Waals surface area contributed by atoms with Gasteiger partial charge in [-0.1, -0.05) is 0 Å². The van der Waals surface area contributed by atoms with Crippen LogP contribution in [-0.2, 0) is 19.1 Å². The highest BCUT2D eigenvalue weighted by molar-refractivity contribution is 9.10. The van der Waals surface area contributed by atoms with Crippen LogP contribution in [-0.4, -0.2) is 48.7 Å². The van der Waals surface area contributed by atoms with Gasteiger partial charge in [-0.25, -0.2) is 4.79 Å². The van der Waals surface area contributed by atoms with E-state index in [1.807, 2.05) is 13.8 Å². The first-order valence-corrected chi connectivity index (χ1v) is 7.76. The highest BCUT2D eigenvalue weighted by Gasteiger charge is 2.26. The molecule has 0 unspecified atom stereocenters. The summed E-state index contributed by atoms with van der Waals surface area (Å²) in [5, 5.41) is 0. The molecule has 1 fully saturated rings. The summed E-state index contributed by atoms with van der Waals surface area (Å²) in [5.41, 5.74) is 0. The Balaban J connectivity index is 1.78. The van der Waals surface area contributed by atoms with Crippen LogP contribution in [0, 0.1) is 0 Å². The van der Waals surface area contributed by atoms with Crippen molar-refractivity contribution in [3.8, 4) is 0 Å². The van der Waals surface area contributed by atoms with Crippen LogP contribution in [0.4, 0.5) is 0 Å². The Morgan fingerprint density at radius 3 is 2.64 bits per heavy atom. The average molecular weight is 372 g/mol. The van der Waals surface area contributed by atoms with Gasteiger partial charge in [0.05, 0.1) is 12.2 Å². The number of halogens is 1. The molecule has 1 amide bonds. The lowest BCUT2D eigenvalue weighted by Crippen LogP contribution is -2.49. The summed E-state index contributed by atoms with van der Waals surface area (Å²) in [7, 11) is 0. The van der Waals surface area contributed by atoms with Crippen LogP contribution in [0.15, 0.2) is 27.3 Å². The van der Waals surface area contributed by atoms with E-state index in [-0.39, 0.29) is 24.7 Å². The predicted octanol–water partition coefficient (Wildman–Crippen LogP) is 2.23. The topological polar surface area (TPSA) is 69.0 Å². The number of rotatable bonds is 4. The maximum atomic E-state index is 12.0. The van der Waals surface area contributed by atoms with Crippen LogP contribution >= 0.6 is 15.9 Å². The Kier molecular flexibility index (Phi) is 5.79. The van der Waals surface area contributed by atoms with Gasteiger partial charge in [-0.2, -0.15) is 0 Å². The summed E-state index contributed by atoms with van der Waals surface area (Å²) >= 11 is 3.17. The molecule has 0 bridgehead atoms. The summed E-state index contributed by atoms with van der Waals surface area (Å²) in [5.74, 6) is -0.286. The number of carbonyl (C=O) groups excluding carboxylic acids is 2. The fourth-order valence-corrected chi connectivity index (χ4v) is 2.54. The van der Waals surface area contributed by atoms with Gasteiger partial charge in [0.25, 0.3) is 5.91 Å². The van der Waals surface area contributed by atoms with E-state index >= 15 is 0 Å². The number of carbonyl (C=O) groups is 2. The van der Waals surface area contributed by atoms with Crippen molar-refractivity contribution < 1.29 is 23.5 Å². The van der Waals surface area contributed by atoms with E-state index in [9.17, 15) is 9.59 Å². The standard InChI is InChI=1S/C15H18BrNO5/c1-10-7-17(8-11(2)21-10)14(18)9-20-15(19)6-4-12-3-5-13(16)22-12/h3-6,10-11H,7-9H2,1-2H3/b6-4+/t10-,11+. The zero-order chi connectivity index (χ0) is 16.1. The fourth-order valence-electron chi connectivity index (χ4n) is 2.22. The number of ether oxygens (including phenoxy) is 2. The van der Waals surface area contributed by atoms with Gasteiger partial charge in [0.15, 0.2) is 11.3 Å². The van der Waals surface area contributed by atoms with Crippen LogP contribution < -0.4 is 0 Å². The fraction of sp³-hybridized carbons (Fsp3) is 0.467. The minimum Gasteiger partial charge on any atom is -0.452 e. The van der Waals surface area contributed by atoms with E-state index in [2.05, 4.69) is 15.9 Å². The Morgan fingerprint density at radius 2 is 2.05 bits per heavy atom. The van der Waals surface area contributed by atoms with Crippen LogP contribution in [0.5, 0.6) is 0 Å². The monoisotopic (exact) mass is 371 g/mol. The molecule has 0 spiro atoms. The largest absolute Gasteiger partial charge is 0.452 e. The van der Waals surface area contributed by atoms with Crippen molar-refractivity contribution in [1.82, 2.24) is 4.90 Å². The van der Waals surface area contributed by atoms with Crippen molar-refractivity contribution in [2.75, 3.05) is 19.7 Å². The molecule has 2 rings (SSSR count). The van der Waals surface area contributed by atoms with Crippen molar-refractivity contribution in [1.29, 1.82) is 0 Å². The number of furan rings is 1. The van der Waals surface area contributed by atoms with E-state index in [0.717, 1.165) is 0 Å². The highest BCUT2D eigenvalue weighted by atomic mass is 79.9. The lowest BCUT2D eigenvalue weighted by atomic mass is 10.2. The molecule has 22 heavy (non-hydrogen) atoms. The quantitative estimate of drug-likeness (QED) is 0.599.